The number of hydrogen-bond acceptors (Lipinski definition) is 8. The van der Waals surface area contributed by atoms with Crippen LogP contribution in [0.25, 0.3) is 0 Å². The van der Waals surface area contributed by atoms with Crippen LogP contribution in [0.5, 0.6) is 0 Å². The van der Waals surface area contributed by atoms with Crippen molar-refractivity contribution < 1.29 is 14.3 Å². The maximum atomic E-state index is 12.5. The van der Waals surface area contributed by atoms with E-state index in [9.17, 15) is 4.79 Å². The molecule has 200 valence electrons. The summed E-state index contributed by atoms with van der Waals surface area (Å²) >= 11 is 0. The van der Waals surface area contributed by atoms with Crippen molar-refractivity contribution >= 4 is 29.6 Å². The van der Waals surface area contributed by atoms with Crippen molar-refractivity contribution in [3.8, 4) is 0 Å². The monoisotopic (exact) mass is 516 g/mol. The van der Waals surface area contributed by atoms with Gasteiger partial charge in [-0.15, -0.1) is 0 Å². The summed E-state index contributed by atoms with van der Waals surface area (Å²) in [5, 5.41) is 7.19. The molecule has 1 saturated heterocycles. The predicted octanol–water partition coefficient (Wildman–Crippen LogP) is 5.34. The fourth-order valence-corrected chi connectivity index (χ4v) is 4.11. The lowest BCUT2D eigenvalue weighted by atomic mass is 10.0. The van der Waals surface area contributed by atoms with Gasteiger partial charge in [-0.1, -0.05) is 42.0 Å². The molecule has 2 heterocycles. The number of carbonyl (C=O) groups is 1. The highest BCUT2D eigenvalue weighted by Gasteiger charge is 2.24. The molecule has 0 aliphatic carbocycles. The van der Waals surface area contributed by atoms with E-state index < -0.39 is 11.7 Å². The van der Waals surface area contributed by atoms with Gasteiger partial charge in [-0.25, -0.2) is 14.8 Å². The molecule has 0 atom stereocenters. The van der Waals surface area contributed by atoms with Crippen molar-refractivity contribution in [2.45, 2.75) is 46.1 Å². The first-order valence-corrected chi connectivity index (χ1v) is 12.9. The van der Waals surface area contributed by atoms with Crippen LogP contribution in [0.4, 0.5) is 22.1 Å². The number of aryl methyl sites for hydroxylation is 3. The van der Waals surface area contributed by atoms with Gasteiger partial charge in [0, 0.05) is 31.3 Å². The highest BCUT2D eigenvalue weighted by Crippen LogP contribution is 2.22. The molecule has 9 heteroatoms. The van der Waals surface area contributed by atoms with Crippen LogP contribution < -0.4 is 15.6 Å². The van der Waals surface area contributed by atoms with E-state index in [1.807, 2.05) is 76.2 Å². The van der Waals surface area contributed by atoms with Gasteiger partial charge in [0.25, 0.3) is 0 Å². The third-order valence-corrected chi connectivity index (χ3v) is 6.11. The molecule has 1 aliphatic heterocycles. The fourth-order valence-electron chi connectivity index (χ4n) is 4.11. The molecule has 2 N–H and O–H groups in total. The first kappa shape index (κ1) is 27.1. The molecule has 3 aromatic rings. The molecule has 2 aromatic carbocycles. The second-order valence-corrected chi connectivity index (χ2v) is 10.1. The summed E-state index contributed by atoms with van der Waals surface area (Å²) < 4.78 is 11.2. The summed E-state index contributed by atoms with van der Waals surface area (Å²) in [4.78, 5) is 24.2. The zero-order valence-corrected chi connectivity index (χ0v) is 22.5. The van der Waals surface area contributed by atoms with Crippen LogP contribution in [0.15, 0.2) is 59.7 Å². The molecule has 0 radical (unpaired) electrons. The number of anilines is 3. The van der Waals surface area contributed by atoms with Gasteiger partial charge in [0.2, 0.25) is 0 Å². The molecular weight excluding hydrogens is 480 g/mol. The van der Waals surface area contributed by atoms with Gasteiger partial charge < -0.3 is 14.4 Å². The van der Waals surface area contributed by atoms with Crippen LogP contribution in [0, 0.1) is 13.8 Å². The Balaban J connectivity index is 1.43. The Bertz CT molecular complexity index is 1270. The minimum Gasteiger partial charge on any atom is -0.443 e. The largest absolute Gasteiger partial charge is 0.443 e. The molecule has 1 aromatic heterocycles. The summed E-state index contributed by atoms with van der Waals surface area (Å²) in [6, 6.07) is 17.6. The highest BCUT2D eigenvalue weighted by molar-refractivity contribution is 5.85. The van der Waals surface area contributed by atoms with E-state index in [0.29, 0.717) is 43.4 Å². The first-order chi connectivity index (χ1) is 18.3. The standard InChI is InChI=1S/C29H36N6O3/c1-21-7-5-9-23(17-21)20-30-34-26-19-27(35-13-15-37-16-14-35)33-25(32-26)11-12-29(3,4)38-28(36)31-24-10-6-8-22(2)18-24/h5-10,17-20H,11-16H2,1-4H3,(H,31,36)(H,32,33,34)/b30-20+. The molecule has 0 unspecified atom stereocenters. The van der Waals surface area contributed by atoms with Crippen LogP contribution in [0.3, 0.4) is 0 Å². The Morgan fingerprint density at radius 2 is 1.82 bits per heavy atom. The molecule has 1 amide bonds. The van der Waals surface area contributed by atoms with Gasteiger partial charge in [-0.2, -0.15) is 5.10 Å². The zero-order chi connectivity index (χ0) is 27.0. The van der Waals surface area contributed by atoms with Crippen LogP contribution in [0.1, 0.15) is 42.8 Å². The van der Waals surface area contributed by atoms with Crippen LogP contribution in [-0.2, 0) is 15.9 Å². The average molecular weight is 517 g/mol. The van der Waals surface area contributed by atoms with Gasteiger partial charge in [-0.3, -0.25) is 10.7 Å². The SMILES string of the molecule is Cc1cccc(/C=N/Nc2cc(N3CCOCC3)nc(CCC(C)(C)OC(=O)Nc3cccc(C)c3)n2)c1. The Morgan fingerprint density at radius 1 is 1.08 bits per heavy atom. The van der Waals surface area contributed by atoms with Crippen molar-refractivity contribution in [2.75, 3.05) is 41.9 Å². The van der Waals surface area contributed by atoms with Crippen molar-refractivity contribution in [3.05, 3.63) is 77.1 Å². The van der Waals surface area contributed by atoms with Gasteiger partial charge in [-0.05, 0) is 57.4 Å². The summed E-state index contributed by atoms with van der Waals surface area (Å²) in [6.07, 6.45) is 2.36. The molecule has 0 saturated carbocycles. The van der Waals surface area contributed by atoms with Gasteiger partial charge in [0.1, 0.15) is 17.2 Å². The van der Waals surface area contributed by atoms with Crippen molar-refractivity contribution in [2.24, 2.45) is 5.10 Å². The lowest BCUT2D eigenvalue weighted by Crippen LogP contribution is -2.37. The smallest absolute Gasteiger partial charge is 0.412 e. The Morgan fingerprint density at radius 3 is 2.55 bits per heavy atom. The summed E-state index contributed by atoms with van der Waals surface area (Å²) in [7, 11) is 0. The van der Waals surface area contributed by atoms with E-state index in [-0.39, 0.29) is 0 Å². The third kappa shape index (κ3) is 8.27. The summed E-state index contributed by atoms with van der Waals surface area (Å²) in [6.45, 7) is 10.6. The maximum absolute atomic E-state index is 12.5. The quantitative estimate of drug-likeness (QED) is 0.293. The van der Waals surface area contributed by atoms with Gasteiger partial charge in [0.05, 0.1) is 19.4 Å². The number of ether oxygens (including phenoxy) is 2. The minimum atomic E-state index is -0.719. The second-order valence-electron chi connectivity index (χ2n) is 10.1. The lowest BCUT2D eigenvalue weighted by Gasteiger charge is -2.28. The van der Waals surface area contributed by atoms with Crippen molar-refractivity contribution in [3.63, 3.8) is 0 Å². The molecule has 0 spiro atoms. The number of nitrogens with one attached hydrogen (secondary N) is 2. The highest BCUT2D eigenvalue weighted by atomic mass is 16.6. The Hall–Kier alpha value is -3.98. The van der Waals surface area contributed by atoms with Crippen LogP contribution in [-0.4, -0.2) is 54.2 Å². The number of hydrazone groups is 1. The zero-order valence-electron chi connectivity index (χ0n) is 22.5. The summed E-state index contributed by atoms with van der Waals surface area (Å²) in [5.74, 6) is 2.08. The predicted molar refractivity (Wildman–Crippen MR) is 151 cm³/mol. The molecule has 4 rings (SSSR count). The number of hydrogen-bond donors (Lipinski definition) is 2. The number of amides is 1. The molecule has 1 fully saturated rings. The summed E-state index contributed by atoms with van der Waals surface area (Å²) in [5.41, 5.74) is 6.28. The Kier molecular flexibility index (Phi) is 8.91. The molecule has 9 nitrogen and oxygen atoms in total. The maximum Gasteiger partial charge on any atom is 0.412 e. The molecule has 0 bridgehead atoms. The second kappa shape index (κ2) is 12.5. The minimum absolute atomic E-state index is 0.489. The lowest BCUT2D eigenvalue weighted by molar-refractivity contribution is 0.0422. The molecular formula is C29H36N6O3. The number of morpholine rings is 1. The fraction of sp³-hybridized carbons (Fsp3) is 0.379. The third-order valence-electron chi connectivity index (χ3n) is 6.11. The number of nitrogens with zero attached hydrogens (tertiary/aromatic N) is 4. The molecule has 1 aliphatic rings. The normalized spacial score (nSPS) is 13.9. The van der Waals surface area contributed by atoms with Crippen molar-refractivity contribution in [1.82, 2.24) is 9.97 Å². The molecule has 38 heavy (non-hydrogen) atoms. The van der Waals surface area contributed by atoms with E-state index in [0.717, 1.165) is 30.0 Å². The topological polar surface area (TPSA) is 101 Å². The van der Waals surface area contributed by atoms with Gasteiger partial charge >= 0.3 is 6.09 Å². The van der Waals surface area contributed by atoms with Crippen LogP contribution in [0.2, 0.25) is 0 Å². The van der Waals surface area contributed by atoms with Crippen LogP contribution >= 0.6 is 0 Å². The number of carbonyl (C=O) groups excluding carboxylic acids is 1. The van der Waals surface area contributed by atoms with E-state index in [4.69, 9.17) is 14.5 Å². The number of aromatic nitrogens is 2. The number of rotatable bonds is 9. The van der Waals surface area contributed by atoms with Gasteiger partial charge in [0.15, 0.2) is 5.82 Å². The Labute approximate surface area is 224 Å². The van der Waals surface area contributed by atoms with E-state index in [2.05, 4.69) is 31.8 Å². The number of benzene rings is 2. The van der Waals surface area contributed by atoms with Crippen molar-refractivity contribution in [1.29, 1.82) is 0 Å². The first-order valence-electron chi connectivity index (χ1n) is 12.9. The van der Waals surface area contributed by atoms with E-state index in [1.54, 1.807) is 6.21 Å². The van der Waals surface area contributed by atoms with E-state index in [1.165, 1.54) is 5.56 Å². The average Bonchev–Trinajstić information content (AvgIpc) is 2.88. The van der Waals surface area contributed by atoms with E-state index >= 15 is 0 Å².